The van der Waals surface area contributed by atoms with Gasteiger partial charge in [-0.2, -0.15) is 0 Å². The Morgan fingerprint density at radius 2 is 1.83 bits per heavy atom. The highest BCUT2D eigenvalue weighted by molar-refractivity contribution is 7.90. The SMILES string of the molecule is Cc1ccc(S(=O)(=O)n2ccc3nc(CC4(C(N)=O)CCCCC4)cnc32)cc1. The van der Waals surface area contributed by atoms with Gasteiger partial charge in [-0.1, -0.05) is 37.0 Å². The summed E-state index contributed by atoms with van der Waals surface area (Å²) in [5, 5.41) is 0. The number of amides is 1. The topological polar surface area (TPSA) is 108 Å². The molecule has 1 aromatic carbocycles. The third-order valence-electron chi connectivity index (χ3n) is 5.84. The summed E-state index contributed by atoms with van der Waals surface area (Å²) in [5.41, 5.74) is 7.53. The van der Waals surface area contributed by atoms with Gasteiger partial charge in [0, 0.05) is 12.6 Å². The normalized spacial score (nSPS) is 16.7. The molecule has 1 aliphatic carbocycles. The smallest absolute Gasteiger partial charge is 0.269 e. The van der Waals surface area contributed by atoms with Crippen LogP contribution in [0.4, 0.5) is 0 Å². The lowest BCUT2D eigenvalue weighted by atomic mass is 9.70. The number of nitrogens with two attached hydrogens (primary N) is 1. The second kappa shape index (κ2) is 7.26. The van der Waals surface area contributed by atoms with Crippen LogP contribution in [-0.4, -0.2) is 28.3 Å². The fourth-order valence-corrected chi connectivity index (χ4v) is 5.41. The van der Waals surface area contributed by atoms with Crippen LogP contribution in [0, 0.1) is 12.3 Å². The predicted octanol–water partition coefficient (Wildman–Crippen LogP) is 2.96. The van der Waals surface area contributed by atoms with E-state index in [2.05, 4.69) is 9.97 Å². The lowest BCUT2D eigenvalue weighted by Crippen LogP contribution is -2.40. The van der Waals surface area contributed by atoms with Crippen molar-refractivity contribution in [3.05, 3.63) is 54.0 Å². The molecular weight excluding hydrogens is 388 g/mol. The molecule has 0 aliphatic heterocycles. The quantitative estimate of drug-likeness (QED) is 0.693. The maximum atomic E-state index is 13.0. The lowest BCUT2D eigenvalue weighted by molar-refractivity contribution is -0.129. The summed E-state index contributed by atoms with van der Waals surface area (Å²) in [7, 11) is -3.76. The first-order valence-electron chi connectivity index (χ1n) is 9.77. The van der Waals surface area contributed by atoms with Crippen LogP contribution >= 0.6 is 0 Å². The monoisotopic (exact) mass is 412 g/mol. The van der Waals surface area contributed by atoms with E-state index in [-0.39, 0.29) is 16.4 Å². The fraction of sp³-hybridized carbons (Fsp3) is 0.381. The summed E-state index contributed by atoms with van der Waals surface area (Å²) in [4.78, 5) is 21.3. The molecule has 152 valence electrons. The Bertz CT molecular complexity index is 1160. The van der Waals surface area contributed by atoms with E-state index >= 15 is 0 Å². The van der Waals surface area contributed by atoms with E-state index in [4.69, 9.17) is 5.73 Å². The number of carbonyl (C=O) groups excluding carboxylic acids is 1. The number of rotatable bonds is 5. The van der Waals surface area contributed by atoms with Gasteiger partial charge in [-0.05, 0) is 38.0 Å². The van der Waals surface area contributed by atoms with Gasteiger partial charge in [0.15, 0.2) is 5.65 Å². The lowest BCUT2D eigenvalue weighted by Gasteiger charge is -2.33. The zero-order valence-electron chi connectivity index (χ0n) is 16.3. The van der Waals surface area contributed by atoms with Gasteiger partial charge in [0.25, 0.3) is 10.0 Å². The molecule has 0 radical (unpaired) electrons. The highest BCUT2D eigenvalue weighted by atomic mass is 32.2. The van der Waals surface area contributed by atoms with Crippen LogP contribution in [0.5, 0.6) is 0 Å². The number of nitrogens with zero attached hydrogens (tertiary/aromatic N) is 3. The van der Waals surface area contributed by atoms with Crippen molar-refractivity contribution in [1.29, 1.82) is 0 Å². The van der Waals surface area contributed by atoms with Crippen LogP contribution in [0.1, 0.15) is 43.4 Å². The molecule has 29 heavy (non-hydrogen) atoms. The van der Waals surface area contributed by atoms with Crippen molar-refractivity contribution in [3.8, 4) is 0 Å². The average molecular weight is 413 g/mol. The maximum Gasteiger partial charge on any atom is 0.269 e. The van der Waals surface area contributed by atoms with Crippen LogP contribution in [0.3, 0.4) is 0 Å². The molecule has 2 heterocycles. The van der Waals surface area contributed by atoms with Crippen molar-refractivity contribution in [2.75, 3.05) is 0 Å². The molecule has 2 N–H and O–H groups in total. The van der Waals surface area contributed by atoms with Crippen molar-refractivity contribution in [3.63, 3.8) is 0 Å². The third kappa shape index (κ3) is 3.53. The molecule has 4 rings (SSSR count). The number of hydrogen-bond acceptors (Lipinski definition) is 5. The number of benzene rings is 1. The van der Waals surface area contributed by atoms with E-state index < -0.39 is 15.4 Å². The van der Waals surface area contributed by atoms with Gasteiger partial charge >= 0.3 is 0 Å². The molecular formula is C21H24N4O3S. The molecule has 1 saturated carbocycles. The molecule has 7 nitrogen and oxygen atoms in total. The number of carbonyl (C=O) groups is 1. The van der Waals surface area contributed by atoms with Crippen LogP contribution < -0.4 is 5.73 Å². The summed E-state index contributed by atoms with van der Waals surface area (Å²) in [6.45, 7) is 1.90. The van der Waals surface area contributed by atoms with Crippen molar-refractivity contribution in [1.82, 2.24) is 13.9 Å². The zero-order chi connectivity index (χ0) is 20.6. The number of fused-ring (bicyclic) bond motifs is 1. The van der Waals surface area contributed by atoms with Gasteiger partial charge in [0.2, 0.25) is 5.91 Å². The molecule has 0 bridgehead atoms. The average Bonchev–Trinajstić information content (AvgIpc) is 3.13. The fourth-order valence-electron chi connectivity index (χ4n) is 4.11. The summed E-state index contributed by atoms with van der Waals surface area (Å²) in [5.74, 6) is -0.293. The predicted molar refractivity (Wildman–Crippen MR) is 110 cm³/mol. The van der Waals surface area contributed by atoms with Gasteiger partial charge in [-0.3, -0.25) is 4.79 Å². The Labute approximate surface area is 170 Å². The number of hydrogen-bond donors (Lipinski definition) is 1. The first kappa shape index (κ1) is 19.6. The van der Waals surface area contributed by atoms with Crippen LogP contribution in [0.15, 0.2) is 47.6 Å². The summed E-state index contributed by atoms with van der Waals surface area (Å²) >= 11 is 0. The maximum absolute atomic E-state index is 13.0. The van der Waals surface area contributed by atoms with Crippen LogP contribution in [0.2, 0.25) is 0 Å². The summed E-state index contributed by atoms with van der Waals surface area (Å²) < 4.78 is 27.1. The zero-order valence-corrected chi connectivity index (χ0v) is 17.2. The summed E-state index contributed by atoms with van der Waals surface area (Å²) in [6, 6.07) is 8.32. The van der Waals surface area contributed by atoms with Crippen LogP contribution in [0.25, 0.3) is 11.2 Å². The molecule has 0 atom stereocenters. The van der Waals surface area contributed by atoms with Crippen molar-refractivity contribution >= 4 is 27.1 Å². The highest BCUT2D eigenvalue weighted by Crippen LogP contribution is 2.38. The minimum atomic E-state index is -3.76. The second-order valence-electron chi connectivity index (χ2n) is 7.88. The Morgan fingerprint density at radius 1 is 1.14 bits per heavy atom. The number of aromatic nitrogens is 3. The minimum absolute atomic E-state index is 0.196. The van der Waals surface area contributed by atoms with Crippen molar-refractivity contribution in [2.24, 2.45) is 11.1 Å². The van der Waals surface area contributed by atoms with E-state index in [9.17, 15) is 13.2 Å². The Hall–Kier alpha value is -2.74. The first-order chi connectivity index (χ1) is 13.8. The largest absolute Gasteiger partial charge is 0.369 e. The molecule has 1 fully saturated rings. The molecule has 2 aromatic heterocycles. The van der Waals surface area contributed by atoms with E-state index in [1.54, 1.807) is 36.5 Å². The molecule has 8 heteroatoms. The molecule has 0 saturated heterocycles. The Balaban J connectivity index is 1.69. The van der Waals surface area contributed by atoms with Crippen molar-refractivity contribution in [2.45, 2.75) is 50.3 Å². The number of aryl methyl sites for hydroxylation is 1. The van der Waals surface area contributed by atoms with Crippen molar-refractivity contribution < 1.29 is 13.2 Å². The van der Waals surface area contributed by atoms with Gasteiger partial charge in [0.1, 0.15) is 5.52 Å². The van der Waals surface area contributed by atoms with Crippen LogP contribution in [-0.2, 0) is 21.2 Å². The molecule has 1 amide bonds. The summed E-state index contributed by atoms with van der Waals surface area (Å²) in [6.07, 6.45) is 8.03. The highest BCUT2D eigenvalue weighted by Gasteiger charge is 2.38. The Morgan fingerprint density at radius 3 is 2.48 bits per heavy atom. The minimum Gasteiger partial charge on any atom is -0.369 e. The first-order valence-corrected chi connectivity index (χ1v) is 11.2. The second-order valence-corrected chi connectivity index (χ2v) is 9.70. The van der Waals surface area contributed by atoms with Gasteiger partial charge in [-0.25, -0.2) is 22.4 Å². The van der Waals surface area contributed by atoms with E-state index in [1.165, 1.54) is 6.20 Å². The standard InChI is InChI=1S/C21H24N4O3S/c1-15-5-7-17(8-6-15)29(27,28)25-12-9-18-19(25)23-14-16(24-18)13-21(20(22)26)10-3-2-4-11-21/h5-9,12,14H,2-4,10-11,13H2,1H3,(H2,22,26). The molecule has 0 spiro atoms. The molecule has 0 unspecified atom stereocenters. The van der Waals surface area contributed by atoms with Gasteiger partial charge in [-0.15, -0.1) is 0 Å². The Kier molecular flexibility index (Phi) is 4.90. The molecule has 1 aliphatic rings. The third-order valence-corrected chi connectivity index (χ3v) is 7.52. The van der Waals surface area contributed by atoms with Gasteiger partial charge in [0.05, 0.1) is 22.2 Å². The molecule has 3 aromatic rings. The van der Waals surface area contributed by atoms with E-state index in [0.717, 1.165) is 41.6 Å². The van der Waals surface area contributed by atoms with E-state index in [1.807, 2.05) is 6.92 Å². The number of primary amides is 1. The van der Waals surface area contributed by atoms with Gasteiger partial charge < -0.3 is 5.73 Å². The van der Waals surface area contributed by atoms with E-state index in [0.29, 0.717) is 17.6 Å².